The summed E-state index contributed by atoms with van der Waals surface area (Å²) >= 11 is 1.63. The van der Waals surface area contributed by atoms with Crippen LogP contribution < -0.4 is 5.56 Å². The number of hydrogen-bond donors (Lipinski definition) is 1. The van der Waals surface area contributed by atoms with Crippen LogP contribution in [0.1, 0.15) is 54.5 Å². The van der Waals surface area contributed by atoms with Crippen LogP contribution in [0.5, 0.6) is 0 Å². The molecule has 1 N–H and O–H groups in total. The van der Waals surface area contributed by atoms with Crippen molar-refractivity contribution in [3.05, 3.63) is 63.0 Å². The molecule has 1 saturated heterocycles. The van der Waals surface area contributed by atoms with Crippen LogP contribution in [-0.2, 0) is 24.2 Å². The largest absolute Gasteiger partial charge is 0.388 e. The number of rotatable bonds is 5. The smallest absolute Gasteiger partial charge is 0.262 e. The van der Waals surface area contributed by atoms with Crippen molar-refractivity contribution >= 4 is 27.5 Å². The van der Waals surface area contributed by atoms with E-state index in [0.717, 1.165) is 40.6 Å². The van der Waals surface area contributed by atoms with Crippen LogP contribution in [-0.4, -0.2) is 44.2 Å². The molecule has 2 aromatic heterocycles. The number of hydrogen-bond acceptors (Lipinski definition) is 5. The number of benzene rings is 1. The number of aliphatic hydroxyl groups is 1. The van der Waals surface area contributed by atoms with Crippen molar-refractivity contribution in [3.63, 3.8) is 0 Å². The molecule has 1 amide bonds. The summed E-state index contributed by atoms with van der Waals surface area (Å²) in [6, 6.07) is 10.1. The molecule has 0 saturated carbocycles. The van der Waals surface area contributed by atoms with Crippen molar-refractivity contribution in [2.45, 2.75) is 63.5 Å². The lowest BCUT2D eigenvalue weighted by Gasteiger charge is -2.38. The van der Waals surface area contributed by atoms with Gasteiger partial charge in [0.05, 0.1) is 23.9 Å². The molecule has 1 aliphatic heterocycles. The van der Waals surface area contributed by atoms with Crippen LogP contribution in [0.2, 0.25) is 0 Å². The summed E-state index contributed by atoms with van der Waals surface area (Å²) in [4.78, 5) is 34.4. The maximum Gasteiger partial charge on any atom is 0.262 e. The normalized spacial score (nSPS) is 18.6. The van der Waals surface area contributed by atoms with E-state index in [2.05, 4.69) is 24.0 Å². The maximum absolute atomic E-state index is 13.1. The van der Waals surface area contributed by atoms with Crippen LogP contribution in [0.15, 0.2) is 41.5 Å². The second kappa shape index (κ2) is 8.45. The van der Waals surface area contributed by atoms with Crippen molar-refractivity contribution in [2.75, 3.05) is 13.1 Å². The Kier molecular flexibility index (Phi) is 5.63. The fourth-order valence-corrected chi connectivity index (χ4v) is 6.29. The Morgan fingerprint density at radius 3 is 2.72 bits per heavy atom. The van der Waals surface area contributed by atoms with Gasteiger partial charge in [-0.25, -0.2) is 4.98 Å². The van der Waals surface area contributed by atoms with E-state index in [1.165, 1.54) is 4.88 Å². The highest BCUT2D eigenvalue weighted by molar-refractivity contribution is 7.18. The lowest BCUT2D eigenvalue weighted by molar-refractivity contribution is -0.136. The van der Waals surface area contributed by atoms with Gasteiger partial charge >= 0.3 is 0 Å². The molecule has 32 heavy (non-hydrogen) atoms. The van der Waals surface area contributed by atoms with Crippen molar-refractivity contribution in [1.29, 1.82) is 0 Å². The minimum absolute atomic E-state index is 0.0435. The summed E-state index contributed by atoms with van der Waals surface area (Å²) in [5, 5.41) is 11.9. The van der Waals surface area contributed by atoms with Gasteiger partial charge in [-0.15, -0.1) is 11.3 Å². The Labute approximate surface area is 191 Å². The van der Waals surface area contributed by atoms with Crippen molar-refractivity contribution in [3.8, 4) is 0 Å². The molecule has 7 heteroatoms. The van der Waals surface area contributed by atoms with E-state index in [-0.39, 0.29) is 23.9 Å². The summed E-state index contributed by atoms with van der Waals surface area (Å²) in [5.74, 6) is 0.283. The van der Waals surface area contributed by atoms with E-state index in [4.69, 9.17) is 0 Å². The van der Waals surface area contributed by atoms with Gasteiger partial charge in [0, 0.05) is 24.4 Å². The van der Waals surface area contributed by atoms with Crippen LogP contribution in [0.25, 0.3) is 10.2 Å². The Balaban J connectivity index is 1.24. The van der Waals surface area contributed by atoms with Crippen LogP contribution in [0, 0.1) is 0 Å². The van der Waals surface area contributed by atoms with Gasteiger partial charge in [-0.1, -0.05) is 37.3 Å². The van der Waals surface area contributed by atoms with Gasteiger partial charge in [0.1, 0.15) is 4.83 Å². The number of likely N-dealkylation sites (tertiary alicyclic amines) is 1. The lowest BCUT2D eigenvalue weighted by atomic mass is 9.90. The standard InChI is InChI=1S/C25H29N3O3S/c1-17(18-6-3-2-4-7-18)14-21(29)27-12-10-25(31,11-13-27)15-28-16-26-23-22(24(28)30)19-8-5-9-20(19)32-23/h2-4,6-7,16-17,31H,5,8-15H2,1H3. The molecule has 6 nitrogen and oxygen atoms in total. The molecular formula is C25H29N3O3S. The quantitative estimate of drug-likeness (QED) is 0.644. The summed E-state index contributed by atoms with van der Waals surface area (Å²) in [6.45, 7) is 3.32. The van der Waals surface area contributed by atoms with E-state index in [9.17, 15) is 14.7 Å². The third-order valence-corrected chi connectivity index (χ3v) is 8.25. The van der Waals surface area contributed by atoms with Crippen molar-refractivity contribution in [1.82, 2.24) is 14.5 Å². The van der Waals surface area contributed by atoms with Crippen molar-refractivity contribution in [2.24, 2.45) is 0 Å². The third kappa shape index (κ3) is 3.99. The molecule has 2 aliphatic rings. The zero-order chi connectivity index (χ0) is 22.3. The molecule has 0 spiro atoms. The molecule has 5 rings (SSSR count). The van der Waals surface area contributed by atoms with Gasteiger partial charge < -0.3 is 10.0 Å². The number of carbonyl (C=O) groups is 1. The molecule has 0 bridgehead atoms. The number of thiophene rings is 1. The highest BCUT2D eigenvalue weighted by Gasteiger charge is 2.35. The maximum atomic E-state index is 13.1. The van der Waals surface area contributed by atoms with Crippen LogP contribution >= 0.6 is 11.3 Å². The number of nitrogens with zero attached hydrogens (tertiary/aromatic N) is 3. The number of piperidine rings is 1. The van der Waals surface area contributed by atoms with E-state index in [0.29, 0.717) is 32.4 Å². The number of aryl methyl sites for hydroxylation is 2. The average Bonchev–Trinajstić information content (AvgIpc) is 3.38. The molecule has 3 heterocycles. The summed E-state index contributed by atoms with van der Waals surface area (Å²) in [5.41, 5.74) is 1.28. The minimum Gasteiger partial charge on any atom is -0.388 e. The van der Waals surface area contributed by atoms with Gasteiger partial charge in [-0.05, 0) is 49.1 Å². The molecular weight excluding hydrogens is 422 g/mol. The van der Waals surface area contributed by atoms with Gasteiger partial charge in [0.25, 0.3) is 5.56 Å². The average molecular weight is 452 g/mol. The molecule has 1 unspecified atom stereocenters. The first kappa shape index (κ1) is 21.3. The molecule has 1 atom stereocenters. The third-order valence-electron chi connectivity index (χ3n) is 7.05. The first-order valence-electron chi connectivity index (χ1n) is 11.5. The zero-order valence-corrected chi connectivity index (χ0v) is 19.2. The van der Waals surface area contributed by atoms with Gasteiger partial charge in [-0.3, -0.25) is 14.2 Å². The zero-order valence-electron chi connectivity index (χ0n) is 18.4. The number of aromatic nitrogens is 2. The molecule has 1 fully saturated rings. The molecule has 1 aromatic carbocycles. The highest BCUT2D eigenvalue weighted by atomic mass is 32.1. The Hall–Kier alpha value is -2.51. The number of fused-ring (bicyclic) bond motifs is 3. The van der Waals surface area contributed by atoms with Crippen LogP contribution in [0.3, 0.4) is 0 Å². The SMILES string of the molecule is CC(CC(=O)N1CCC(O)(Cn2cnc3sc4c(c3c2=O)CCC4)CC1)c1ccccc1. The molecule has 168 valence electrons. The van der Waals surface area contributed by atoms with Gasteiger partial charge in [0.2, 0.25) is 5.91 Å². The Bertz CT molecular complexity index is 1190. The summed E-state index contributed by atoms with van der Waals surface area (Å²) < 4.78 is 1.57. The van der Waals surface area contributed by atoms with E-state index < -0.39 is 5.60 Å². The topological polar surface area (TPSA) is 75.4 Å². The number of amides is 1. The van der Waals surface area contributed by atoms with E-state index >= 15 is 0 Å². The first-order chi connectivity index (χ1) is 15.4. The van der Waals surface area contributed by atoms with Gasteiger partial charge in [0.15, 0.2) is 0 Å². The lowest BCUT2D eigenvalue weighted by Crippen LogP contribution is -2.49. The predicted molar refractivity (Wildman–Crippen MR) is 126 cm³/mol. The molecule has 0 radical (unpaired) electrons. The second-order valence-corrected chi connectivity index (χ2v) is 10.4. The van der Waals surface area contributed by atoms with Gasteiger partial charge in [-0.2, -0.15) is 0 Å². The highest BCUT2D eigenvalue weighted by Crippen LogP contribution is 2.34. The van der Waals surface area contributed by atoms with E-state index in [1.54, 1.807) is 22.2 Å². The van der Waals surface area contributed by atoms with E-state index in [1.807, 2.05) is 23.1 Å². The molecule has 3 aromatic rings. The summed E-state index contributed by atoms with van der Waals surface area (Å²) in [6.07, 6.45) is 6.04. The summed E-state index contributed by atoms with van der Waals surface area (Å²) in [7, 11) is 0. The number of carbonyl (C=O) groups excluding carboxylic acids is 1. The fourth-order valence-electron chi connectivity index (χ4n) is 5.07. The first-order valence-corrected chi connectivity index (χ1v) is 12.3. The van der Waals surface area contributed by atoms with Crippen molar-refractivity contribution < 1.29 is 9.90 Å². The van der Waals surface area contributed by atoms with Crippen LogP contribution in [0.4, 0.5) is 0 Å². The monoisotopic (exact) mass is 451 g/mol. The predicted octanol–water partition coefficient (Wildman–Crippen LogP) is 3.49. The minimum atomic E-state index is -1.000. The Morgan fingerprint density at radius 1 is 1.22 bits per heavy atom. The fraction of sp³-hybridized carbons (Fsp3) is 0.480. The molecule has 1 aliphatic carbocycles. The Morgan fingerprint density at radius 2 is 1.97 bits per heavy atom. The second-order valence-electron chi connectivity index (χ2n) is 9.34.